The standard InChI is InChI=1S/C20H21N7O/c1-13-9-25(6-5-21-13)15-3-4-18-23-16(7-20(28)27(18)11-15)17-12-26-10-14(2)22-8-19(26)24-17/h3-4,7-8,10-13,21H,5-6,9H2,1-2H3/t13-/m0/s1. The molecule has 0 unspecified atom stereocenters. The summed E-state index contributed by atoms with van der Waals surface area (Å²) in [5.74, 6) is 0. The summed E-state index contributed by atoms with van der Waals surface area (Å²) in [7, 11) is 0. The van der Waals surface area contributed by atoms with Crippen molar-refractivity contribution >= 4 is 17.0 Å². The lowest BCUT2D eigenvalue weighted by Crippen LogP contribution is -2.49. The summed E-state index contributed by atoms with van der Waals surface area (Å²) < 4.78 is 3.50. The van der Waals surface area contributed by atoms with Crippen molar-refractivity contribution in [2.45, 2.75) is 19.9 Å². The van der Waals surface area contributed by atoms with Gasteiger partial charge in [0.05, 0.1) is 23.3 Å². The first kappa shape index (κ1) is 16.9. The highest BCUT2D eigenvalue weighted by molar-refractivity contribution is 5.62. The van der Waals surface area contributed by atoms with E-state index < -0.39 is 0 Å². The highest BCUT2D eigenvalue weighted by Gasteiger charge is 2.17. The average Bonchev–Trinajstić information content (AvgIpc) is 3.11. The Bertz CT molecular complexity index is 1240. The van der Waals surface area contributed by atoms with Crippen molar-refractivity contribution in [3.05, 3.63) is 59.0 Å². The van der Waals surface area contributed by atoms with E-state index in [1.54, 1.807) is 16.7 Å². The molecule has 1 atom stereocenters. The fourth-order valence-corrected chi connectivity index (χ4v) is 3.70. The first-order chi connectivity index (χ1) is 13.6. The molecule has 1 aliphatic heterocycles. The first-order valence-electron chi connectivity index (χ1n) is 9.40. The minimum absolute atomic E-state index is 0.114. The van der Waals surface area contributed by atoms with E-state index in [2.05, 4.69) is 32.1 Å². The second-order valence-electron chi connectivity index (χ2n) is 7.32. The number of nitrogens with one attached hydrogen (secondary N) is 1. The minimum Gasteiger partial charge on any atom is -0.368 e. The molecule has 0 amide bonds. The molecule has 5 heterocycles. The lowest BCUT2D eigenvalue weighted by atomic mass is 10.2. The molecule has 0 bridgehead atoms. The predicted molar refractivity (Wildman–Crippen MR) is 108 cm³/mol. The van der Waals surface area contributed by atoms with Gasteiger partial charge < -0.3 is 14.6 Å². The first-order valence-corrected chi connectivity index (χ1v) is 9.40. The van der Waals surface area contributed by atoms with Crippen molar-refractivity contribution in [2.75, 3.05) is 24.5 Å². The van der Waals surface area contributed by atoms with Crippen LogP contribution in [0.3, 0.4) is 0 Å². The third-order valence-corrected chi connectivity index (χ3v) is 5.11. The molecule has 4 aromatic heterocycles. The van der Waals surface area contributed by atoms with Crippen molar-refractivity contribution in [1.82, 2.24) is 29.1 Å². The number of hydrogen-bond acceptors (Lipinski definition) is 6. The van der Waals surface area contributed by atoms with Crippen molar-refractivity contribution in [1.29, 1.82) is 0 Å². The van der Waals surface area contributed by atoms with Gasteiger partial charge in [0.2, 0.25) is 0 Å². The maximum absolute atomic E-state index is 12.8. The second-order valence-corrected chi connectivity index (χ2v) is 7.32. The van der Waals surface area contributed by atoms with Crippen molar-refractivity contribution in [3.63, 3.8) is 0 Å². The van der Waals surface area contributed by atoms with Crippen molar-refractivity contribution in [3.8, 4) is 11.4 Å². The topological polar surface area (TPSA) is 79.8 Å². The zero-order chi connectivity index (χ0) is 19.3. The second kappa shape index (κ2) is 6.42. The Kier molecular flexibility index (Phi) is 3.87. The fourth-order valence-electron chi connectivity index (χ4n) is 3.70. The monoisotopic (exact) mass is 375 g/mol. The quantitative estimate of drug-likeness (QED) is 0.572. The summed E-state index contributed by atoms with van der Waals surface area (Å²) in [6.45, 7) is 6.87. The number of aryl methyl sites for hydroxylation is 1. The molecule has 0 aliphatic carbocycles. The molecule has 0 spiro atoms. The van der Waals surface area contributed by atoms with Gasteiger partial charge in [0, 0.05) is 50.3 Å². The number of hydrogen-bond donors (Lipinski definition) is 1. The normalized spacial score (nSPS) is 17.5. The zero-order valence-corrected chi connectivity index (χ0v) is 15.8. The molecule has 1 aliphatic rings. The number of aromatic nitrogens is 5. The largest absolute Gasteiger partial charge is 0.368 e. The maximum atomic E-state index is 12.8. The van der Waals surface area contributed by atoms with Gasteiger partial charge in [-0.2, -0.15) is 0 Å². The van der Waals surface area contributed by atoms with Crippen LogP contribution in [-0.4, -0.2) is 49.4 Å². The number of anilines is 1. The fraction of sp³-hybridized carbons (Fsp3) is 0.300. The van der Waals surface area contributed by atoms with Crippen LogP contribution < -0.4 is 15.8 Å². The average molecular weight is 375 g/mol. The third kappa shape index (κ3) is 2.91. The van der Waals surface area contributed by atoms with Crippen LogP contribution in [0.1, 0.15) is 12.6 Å². The Balaban J connectivity index is 1.56. The van der Waals surface area contributed by atoms with E-state index in [0.717, 1.165) is 36.7 Å². The number of nitrogens with zero attached hydrogens (tertiary/aromatic N) is 6. The van der Waals surface area contributed by atoms with Crippen LogP contribution in [0.4, 0.5) is 5.69 Å². The summed E-state index contributed by atoms with van der Waals surface area (Å²) in [5.41, 5.74) is 4.38. The Morgan fingerprint density at radius 2 is 1.96 bits per heavy atom. The van der Waals surface area contributed by atoms with E-state index in [-0.39, 0.29) is 5.56 Å². The lowest BCUT2D eigenvalue weighted by Gasteiger charge is -2.33. The molecule has 4 aromatic rings. The van der Waals surface area contributed by atoms with Gasteiger partial charge in [0.15, 0.2) is 5.65 Å². The predicted octanol–water partition coefficient (Wildman–Crippen LogP) is 1.51. The van der Waals surface area contributed by atoms with E-state index in [9.17, 15) is 4.79 Å². The van der Waals surface area contributed by atoms with E-state index in [4.69, 9.17) is 0 Å². The van der Waals surface area contributed by atoms with Crippen LogP contribution >= 0.6 is 0 Å². The molecule has 1 N–H and O–H groups in total. The van der Waals surface area contributed by atoms with Gasteiger partial charge in [-0.05, 0) is 26.0 Å². The van der Waals surface area contributed by atoms with E-state index in [1.807, 2.05) is 42.0 Å². The molecule has 5 rings (SSSR count). The molecule has 142 valence electrons. The zero-order valence-electron chi connectivity index (χ0n) is 15.8. The molecule has 1 saturated heterocycles. The molecule has 1 fully saturated rings. The highest BCUT2D eigenvalue weighted by atomic mass is 16.1. The summed E-state index contributed by atoms with van der Waals surface area (Å²) in [5, 5.41) is 3.43. The summed E-state index contributed by atoms with van der Waals surface area (Å²) >= 11 is 0. The van der Waals surface area contributed by atoms with Gasteiger partial charge in [-0.15, -0.1) is 0 Å². The van der Waals surface area contributed by atoms with Gasteiger partial charge in [0.1, 0.15) is 11.3 Å². The molecule has 8 nitrogen and oxygen atoms in total. The molecular formula is C20H21N7O. The Morgan fingerprint density at radius 1 is 1.11 bits per heavy atom. The molecule has 0 aromatic carbocycles. The third-order valence-electron chi connectivity index (χ3n) is 5.11. The van der Waals surface area contributed by atoms with Crippen LogP contribution in [-0.2, 0) is 0 Å². The van der Waals surface area contributed by atoms with Gasteiger partial charge >= 0.3 is 0 Å². The van der Waals surface area contributed by atoms with Crippen molar-refractivity contribution < 1.29 is 0 Å². The van der Waals surface area contributed by atoms with Crippen LogP contribution in [0.25, 0.3) is 22.7 Å². The smallest absolute Gasteiger partial charge is 0.258 e. The SMILES string of the molecule is Cc1cn2cc(-c3cc(=O)n4cc(N5CCN[C@@H](C)C5)ccc4n3)nc2cn1. The minimum atomic E-state index is -0.114. The van der Waals surface area contributed by atoms with Crippen LogP contribution in [0, 0.1) is 6.92 Å². The molecule has 0 saturated carbocycles. The lowest BCUT2D eigenvalue weighted by molar-refractivity contribution is 0.484. The van der Waals surface area contributed by atoms with Gasteiger partial charge in [-0.3, -0.25) is 14.2 Å². The van der Waals surface area contributed by atoms with E-state index in [1.165, 1.54) is 0 Å². The molecular weight excluding hydrogens is 354 g/mol. The van der Waals surface area contributed by atoms with Crippen LogP contribution in [0.5, 0.6) is 0 Å². The number of fused-ring (bicyclic) bond motifs is 2. The summed E-state index contributed by atoms with van der Waals surface area (Å²) in [4.78, 5) is 28.5. The maximum Gasteiger partial charge on any atom is 0.258 e. The molecule has 8 heteroatoms. The Labute approximate surface area is 161 Å². The van der Waals surface area contributed by atoms with Gasteiger partial charge in [-0.25, -0.2) is 9.97 Å². The van der Waals surface area contributed by atoms with Gasteiger partial charge in [0.25, 0.3) is 5.56 Å². The summed E-state index contributed by atoms with van der Waals surface area (Å²) in [6.07, 6.45) is 7.37. The van der Waals surface area contributed by atoms with Crippen LogP contribution in [0.2, 0.25) is 0 Å². The van der Waals surface area contributed by atoms with E-state index >= 15 is 0 Å². The van der Waals surface area contributed by atoms with E-state index in [0.29, 0.717) is 23.1 Å². The summed E-state index contributed by atoms with van der Waals surface area (Å²) in [6, 6.07) is 5.89. The number of rotatable bonds is 2. The number of pyridine rings is 1. The highest BCUT2D eigenvalue weighted by Crippen LogP contribution is 2.19. The van der Waals surface area contributed by atoms with Crippen LogP contribution in [0.15, 0.2) is 47.8 Å². The molecule has 0 radical (unpaired) electrons. The Morgan fingerprint density at radius 3 is 2.82 bits per heavy atom. The number of piperazine rings is 1. The molecule has 28 heavy (non-hydrogen) atoms. The Hall–Kier alpha value is -3.26. The van der Waals surface area contributed by atoms with Gasteiger partial charge in [-0.1, -0.05) is 0 Å². The number of imidazole rings is 1. The van der Waals surface area contributed by atoms with Crippen molar-refractivity contribution in [2.24, 2.45) is 0 Å².